The van der Waals surface area contributed by atoms with Crippen LogP contribution >= 0.6 is 11.6 Å². The first-order valence-electron chi connectivity index (χ1n) is 10.2. The minimum absolute atomic E-state index is 0.0598. The molecule has 4 aromatic rings. The molecule has 0 aliphatic heterocycles. The van der Waals surface area contributed by atoms with Crippen LogP contribution in [0.25, 0.3) is 0 Å². The van der Waals surface area contributed by atoms with Crippen molar-refractivity contribution in [1.82, 2.24) is 9.78 Å². The Hall–Kier alpha value is -4.57. The number of nitro benzene ring substituents is 1. The Kier molecular flexibility index (Phi) is 7.12. The molecular weight excluding hydrogens is 476 g/mol. The minimum atomic E-state index is -0.571. The maximum atomic E-state index is 12.7. The van der Waals surface area contributed by atoms with Crippen LogP contribution in [0.4, 0.5) is 11.4 Å². The Balaban J connectivity index is 1.45. The van der Waals surface area contributed by atoms with Crippen molar-refractivity contribution >= 4 is 28.9 Å². The van der Waals surface area contributed by atoms with Gasteiger partial charge in [-0.1, -0.05) is 17.7 Å². The second kappa shape index (κ2) is 10.6. The zero-order valence-electron chi connectivity index (χ0n) is 18.4. The first-order chi connectivity index (χ1) is 16.9. The second-order valence-corrected chi connectivity index (χ2v) is 7.61. The highest BCUT2D eigenvalue weighted by Gasteiger charge is 2.16. The molecule has 0 radical (unpaired) electrons. The smallest absolute Gasteiger partial charge is 0.276 e. The van der Waals surface area contributed by atoms with Gasteiger partial charge in [0.25, 0.3) is 11.6 Å². The Morgan fingerprint density at radius 1 is 1.03 bits per heavy atom. The van der Waals surface area contributed by atoms with Gasteiger partial charge in [0.2, 0.25) is 0 Å². The lowest BCUT2D eigenvalue weighted by atomic mass is 10.2. The van der Waals surface area contributed by atoms with Gasteiger partial charge in [0.15, 0.2) is 12.4 Å². The number of carbonyl (C=O) groups excluding carboxylic acids is 1. The molecule has 1 amide bonds. The van der Waals surface area contributed by atoms with E-state index in [2.05, 4.69) is 10.4 Å². The van der Waals surface area contributed by atoms with Crippen molar-refractivity contribution in [1.29, 1.82) is 0 Å². The zero-order valence-corrected chi connectivity index (χ0v) is 19.1. The average molecular weight is 495 g/mol. The van der Waals surface area contributed by atoms with E-state index < -0.39 is 10.8 Å². The quantitative estimate of drug-likeness (QED) is 0.240. The molecule has 0 atom stereocenters. The fourth-order valence-corrected chi connectivity index (χ4v) is 3.23. The number of benzene rings is 3. The largest absolute Gasteiger partial charge is 0.497 e. The highest BCUT2D eigenvalue weighted by molar-refractivity contribution is 6.30. The standard InChI is InChI=1S/C24H19ClN4O6/c1-33-19-5-7-20(8-6-19)35-22-13-17(12-18(14-22)29(31)32)26-24(30)23-9-10-28(27-23)15-34-21-4-2-3-16(25)11-21/h2-14H,15H2,1H3,(H,26,30). The fraction of sp³-hybridized carbons (Fsp3) is 0.0833. The Morgan fingerprint density at radius 3 is 2.51 bits per heavy atom. The van der Waals surface area contributed by atoms with E-state index in [9.17, 15) is 14.9 Å². The molecule has 3 aromatic carbocycles. The molecule has 0 spiro atoms. The van der Waals surface area contributed by atoms with Gasteiger partial charge in [-0.15, -0.1) is 0 Å². The summed E-state index contributed by atoms with van der Waals surface area (Å²) in [5.74, 6) is 1.27. The first-order valence-corrected chi connectivity index (χ1v) is 10.6. The number of methoxy groups -OCH3 is 1. The number of nitro groups is 1. The van der Waals surface area contributed by atoms with Crippen molar-refractivity contribution in [3.63, 3.8) is 0 Å². The monoisotopic (exact) mass is 494 g/mol. The van der Waals surface area contributed by atoms with Crippen LogP contribution in [-0.2, 0) is 6.73 Å². The van der Waals surface area contributed by atoms with E-state index in [0.29, 0.717) is 22.3 Å². The van der Waals surface area contributed by atoms with E-state index in [0.717, 1.165) is 0 Å². The summed E-state index contributed by atoms with van der Waals surface area (Å²) >= 11 is 5.94. The molecular formula is C24H19ClN4O6. The summed E-state index contributed by atoms with van der Waals surface area (Å²) < 4.78 is 17.9. The van der Waals surface area contributed by atoms with Crippen LogP contribution in [0.1, 0.15) is 10.5 Å². The van der Waals surface area contributed by atoms with Gasteiger partial charge in [-0.2, -0.15) is 5.10 Å². The summed E-state index contributed by atoms with van der Waals surface area (Å²) in [7, 11) is 1.54. The van der Waals surface area contributed by atoms with Crippen molar-refractivity contribution < 1.29 is 23.9 Å². The molecule has 0 saturated heterocycles. The van der Waals surface area contributed by atoms with E-state index in [4.69, 9.17) is 25.8 Å². The van der Waals surface area contributed by atoms with Crippen molar-refractivity contribution in [2.24, 2.45) is 0 Å². The molecule has 0 aliphatic carbocycles. The lowest BCUT2D eigenvalue weighted by Crippen LogP contribution is -2.14. The molecule has 1 N–H and O–H groups in total. The first kappa shape index (κ1) is 23.6. The SMILES string of the molecule is COc1ccc(Oc2cc(NC(=O)c3ccn(COc4cccc(Cl)c4)n3)cc([N+](=O)[O-])c2)cc1. The molecule has 11 heteroatoms. The molecule has 178 valence electrons. The van der Waals surface area contributed by atoms with Crippen molar-refractivity contribution in [3.05, 3.63) is 99.8 Å². The second-order valence-electron chi connectivity index (χ2n) is 7.18. The number of halogens is 1. The summed E-state index contributed by atoms with van der Waals surface area (Å²) in [5, 5.41) is 18.7. The summed E-state index contributed by atoms with van der Waals surface area (Å²) in [5.41, 5.74) is 0.0352. The topological polar surface area (TPSA) is 118 Å². The van der Waals surface area contributed by atoms with Crippen molar-refractivity contribution in [3.8, 4) is 23.0 Å². The number of carbonyl (C=O) groups is 1. The molecule has 1 aromatic heterocycles. The van der Waals surface area contributed by atoms with Crippen LogP contribution < -0.4 is 19.5 Å². The number of nitrogens with one attached hydrogen (secondary N) is 1. The van der Waals surface area contributed by atoms with Crippen LogP contribution in [0.3, 0.4) is 0 Å². The predicted molar refractivity (Wildman–Crippen MR) is 128 cm³/mol. The highest BCUT2D eigenvalue weighted by atomic mass is 35.5. The number of ether oxygens (including phenoxy) is 3. The number of anilines is 1. The van der Waals surface area contributed by atoms with E-state index in [1.165, 1.54) is 28.9 Å². The van der Waals surface area contributed by atoms with Crippen LogP contribution in [0, 0.1) is 10.1 Å². The summed E-state index contributed by atoms with van der Waals surface area (Å²) in [6.07, 6.45) is 1.57. The molecule has 0 fully saturated rings. The van der Waals surface area contributed by atoms with Gasteiger partial charge in [0.1, 0.15) is 23.0 Å². The third-order valence-electron chi connectivity index (χ3n) is 4.69. The number of amides is 1. The van der Waals surface area contributed by atoms with Crippen LogP contribution in [0.2, 0.25) is 5.02 Å². The highest BCUT2D eigenvalue weighted by Crippen LogP contribution is 2.30. The van der Waals surface area contributed by atoms with Crippen molar-refractivity contribution in [2.45, 2.75) is 6.73 Å². The maximum absolute atomic E-state index is 12.7. The third kappa shape index (κ3) is 6.27. The van der Waals surface area contributed by atoms with E-state index in [1.807, 2.05) is 0 Å². The van der Waals surface area contributed by atoms with Gasteiger partial charge in [0, 0.05) is 23.4 Å². The Morgan fingerprint density at radius 2 is 1.80 bits per heavy atom. The molecule has 10 nitrogen and oxygen atoms in total. The van der Waals surface area contributed by atoms with Gasteiger partial charge in [-0.3, -0.25) is 14.9 Å². The summed E-state index contributed by atoms with van der Waals surface area (Å²) in [6, 6.07) is 19.1. The number of hydrogen-bond acceptors (Lipinski definition) is 7. The Labute approximate surface area is 204 Å². The number of rotatable bonds is 9. The van der Waals surface area contributed by atoms with Gasteiger partial charge in [-0.05, 0) is 48.5 Å². The van der Waals surface area contributed by atoms with Gasteiger partial charge in [-0.25, -0.2) is 4.68 Å². The number of aromatic nitrogens is 2. The van der Waals surface area contributed by atoms with Gasteiger partial charge >= 0.3 is 0 Å². The predicted octanol–water partition coefficient (Wildman–Crippen LogP) is 5.53. The average Bonchev–Trinajstić information content (AvgIpc) is 3.32. The van der Waals surface area contributed by atoms with Gasteiger partial charge < -0.3 is 19.5 Å². The zero-order chi connectivity index (χ0) is 24.8. The van der Waals surface area contributed by atoms with Crippen molar-refractivity contribution in [2.75, 3.05) is 12.4 Å². The summed E-state index contributed by atoms with van der Waals surface area (Å²) in [4.78, 5) is 23.5. The molecule has 0 aliphatic rings. The molecule has 35 heavy (non-hydrogen) atoms. The normalized spacial score (nSPS) is 10.5. The van der Waals surface area contributed by atoms with Crippen LogP contribution in [0.5, 0.6) is 23.0 Å². The maximum Gasteiger partial charge on any atom is 0.276 e. The van der Waals surface area contributed by atoms with E-state index >= 15 is 0 Å². The molecule has 0 bridgehead atoms. The lowest BCUT2D eigenvalue weighted by molar-refractivity contribution is -0.384. The summed E-state index contributed by atoms with van der Waals surface area (Å²) in [6.45, 7) is 0.0598. The van der Waals surface area contributed by atoms with Crippen LogP contribution in [-0.4, -0.2) is 27.7 Å². The van der Waals surface area contributed by atoms with Gasteiger partial charge in [0.05, 0.1) is 23.8 Å². The molecule has 1 heterocycles. The number of nitrogens with zero attached hydrogens (tertiary/aromatic N) is 3. The molecule has 0 saturated carbocycles. The van der Waals surface area contributed by atoms with Crippen LogP contribution in [0.15, 0.2) is 79.0 Å². The Bertz CT molecular complexity index is 1360. The minimum Gasteiger partial charge on any atom is -0.497 e. The number of non-ortho nitro benzene ring substituents is 1. The van der Waals surface area contributed by atoms with E-state index in [-0.39, 0.29) is 29.5 Å². The number of hydrogen-bond donors (Lipinski definition) is 1. The van der Waals surface area contributed by atoms with E-state index in [1.54, 1.807) is 61.8 Å². The third-order valence-corrected chi connectivity index (χ3v) is 4.92. The molecule has 0 unspecified atom stereocenters. The fourth-order valence-electron chi connectivity index (χ4n) is 3.05. The molecule has 4 rings (SSSR count). The lowest BCUT2D eigenvalue weighted by Gasteiger charge is -2.09.